The largest absolute Gasteiger partial charge is 0.256 e. The fourth-order valence-corrected chi connectivity index (χ4v) is 4.02. The molecule has 0 bridgehead atoms. The van der Waals surface area contributed by atoms with Crippen LogP contribution in [-0.4, -0.2) is 26.4 Å². The molecule has 1 unspecified atom stereocenters. The normalized spacial score (nSPS) is 17.3. The van der Waals surface area contributed by atoms with Crippen LogP contribution < -0.4 is 9.73 Å². The van der Waals surface area contributed by atoms with E-state index in [9.17, 15) is 8.42 Å². The molecule has 0 spiro atoms. The van der Waals surface area contributed by atoms with E-state index in [0.717, 1.165) is 11.3 Å². The van der Waals surface area contributed by atoms with Crippen molar-refractivity contribution in [1.82, 2.24) is 4.72 Å². The lowest BCUT2D eigenvalue weighted by Gasteiger charge is -2.25. The fraction of sp³-hybridized carbons (Fsp3) is 0.278. The molecule has 27 heavy (non-hydrogen) atoms. The van der Waals surface area contributed by atoms with Gasteiger partial charge in [-0.1, -0.05) is 46.9 Å². The molecule has 1 N–H and O–H groups in total. The van der Waals surface area contributed by atoms with Crippen molar-refractivity contribution in [3.05, 3.63) is 63.1 Å². The lowest BCUT2D eigenvalue weighted by atomic mass is 10.0. The number of nitrogens with one attached hydrogen (secondary N) is 1. The first-order valence-corrected chi connectivity index (χ1v) is 11.1. The maximum absolute atomic E-state index is 11.8. The average molecular weight is 447 g/mol. The van der Waals surface area contributed by atoms with E-state index in [1.807, 2.05) is 24.3 Å². The minimum atomic E-state index is -3.30. The van der Waals surface area contributed by atoms with Gasteiger partial charge in [0.2, 0.25) is 10.0 Å². The number of hydrazone groups is 1. The van der Waals surface area contributed by atoms with E-state index in [4.69, 9.17) is 34.8 Å². The number of hydrogen-bond acceptors (Lipinski definition) is 4. The molecule has 5 nitrogen and oxygen atoms in total. The highest BCUT2D eigenvalue weighted by molar-refractivity contribution is 7.89. The summed E-state index contributed by atoms with van der Waals surface area (Å²) in [5.41, 5.74) is 2.43. The van der Waals surface area contributed by atoms with Crippen molar-refractivity contribution in [2.24, 2.45) is 5.10 Å². The summed E-state index contributed by atoms with van der Waals surface area (Å²) in [7, 11) is -3.30. The van der Waals surface area contributed by atoms with Gasteiger partial charge in [-0.05, 0) is 42.8 Å². The second kappa shape index (κ2) is 8.37. The Morgan fingerprint density at radius 3 is 2.41 bits per heavy atom. The molecule has 0 saturated carbocycles. The van der Waals surface area contributed by atoms with Gasteiger partial charge in [-0.25, -0.2) is 13.1 Å². The van der Waals surface area contributed by atoms with Crippen LogP contribution in [0.1, 0.15) is 24.9 Å². The second-order valence-corrected chi connectivity index (χ2v) is 9.48. The van der Waals surface area contributed by atoms with Crippen molar-refractivity contribution in [2.75, 3.05) is 17.3 Å². The molecule has 3 rings (SSSR count). The molecule has 144 valence electrons. The third-order valence-electron chi connectivity index (χ3n) is 4.26. The number of anilines is 1. The first kappa shape index (κ1) is 20.4. The first-order valence-electron chi connectivity index (χ1n) is 8.32. The molecular weight excluding hydrogens is 429 g/mol. The third-order valence-corrected chi connectivity index (χ3v) is 6.39. The van der Waals surface area contributed by atoms with Crippen LogP contribution >= 0.6 is 34.8 Å². The van der Waals surface area contributed by atoms with Crippen LogP contribution in [0.4, 0.5) is 5.69 Å². The number of halogens is 3. The topological polar surface area (TPSA) is 61.8 Å². The van der Waals surface area contributed by atoms with Crippen molar-refractivity contribution in [2.45, 2.75) is 19.4 Å². The van der Waals surface area contributed by atoms with Gasteiger partial charge in [-0.15, -0.1) is 0 Å². The Morgan fingerprint density at radius 2 is 1.78 bits per heavy atom. The van der Waals surface area contributed by atoms with Gasteiger partial charge >= 0.3 is 0 Å². The minimum Gasteiger partial charge on any atom is -0.256 e. The summed E-state index contributed by atoms with van der Waals surface area (Å²) in [6.07, 6.45) is 0.562. The monoisotopic (exact) mass is 445 g/mol. The van der Waals surface area contributed by atoms with Crippen molar-refractivity contribution >= 4 is 56.2 Å². The first-order chi connectivity index (χ1) is 12.8. The summed E-state index contributed by atoms with van der Waals surface area (Å²) in [6, 6.07) is 12.6. The lowest BCUT2D eigenvalue weighted by molar-refractivity contribution is 0.587. The van der Waals surface area contributed by atoms with Gasteiger partial charge in [0.15, 0.2) is 0 Å². The zero-order chi connectivity index (χ0) is 19.6. The zero-order valence-corrected chi connectivity index (χ0v) is 17.6. The molecular formula is C18H18Cl3N3O2S. The van der Waals surface area contributed by atoms with Gasteiger partial charge in [-0.2, -0.15) is 5.10 Å². The van der Waals surface area contributed by atoms with Gasteiger partial charge < -0.3 is 0 Å². The van der Waals surface area contributed by atoms with E-state index in [-0.39, 0.29) is 18.3 Å². The van der Waals surface area contributed by atoms with Crippen LogP contribution in [0.2, 0.25) is 15.1 Å². The quantitative estimate of drug-likeness (QED) is 0.687. The Labute approximate surface area is 174 Å². The average Bonchev–Trinajstić information content (AvgIpc) is 3.05. The third kappa shape index (κ3) is 4.95. The van der Waals surface area contributed by atoms with Crippen LogP contribution in [0.3, 0.4) is 0 Å². The molecule has 2 aromatic rings. The van der Waals surface area contributed by atoms with Crippen molar-refractivity contribution in [3.63, 3.8) is 0 Å². The molecule has 0 aliphatic carbocycles. The standard InChI is InChI=1S/C18H18Cl3N3O2S/c1-2-27(25,26)22-11-15-10-18(12-3-5-13(19)6-4-12)24(23-15)17-8-7-14(20)9-16(17)21/h3-9,18,22H,2,10-11H2,1H3. The Kier molecular flexibility index (Phi) is 6.33. The molecule has 1 atom stereocenters. The van der Waals surface area contributed by atoms with E-state index in [1.165, 1.54) is 0 Å². The lowest BCUT2D eigenvalue weighted by Crippen LogP contribution is -2.30. The van der Waals surface area contributed by atoms with Crippen molar-refractivity contribution in [3.8, 4) is 0 Å². The number of rotatable bonds is 6. The summed E-state index contributed by atoms with van der Waals surface area (Å²) in [4.78, 5) is 0. The van der Waals surface area contributed by atoms with Crippen molar-refractivity contribution < 1.29 is 8.42 Å². The summed E-state index contributed by atoms with van der Waals surface area (Å²) in [6.45, 7) is 1.75. The second-order valence-electron chi connectivity index (χ2n) is 6.10. The van der Waals surface area contributed by atoms with E-state index >= 15 is 0 Å². The molecule has 0 radical (unpaired) electrons. The maximum Gasteiger partial charge on any atom is 0.211 e. The Morgan fingerprint density at radius 1 is 1.11 bits per heavy atom. The molecule has 0 aromatic heterocycles. The highest BCUT2D eigenvalue weighted by Gasteiger charge is 2.30. The molecule has 1 aliphatic rings. The van der Waals surface area contributed by atoms with Gasteiger partial charge in [0, 0.05) is 16.5 Å². The number of sulfonamides is 1. The van der Waals surface area contributed by atoms with Gasteiger partial charge in [-0.3, -0.25) is 5.01 Å². The van der Waals surface area contributed by atoms with Gasteiger partial charge in [0.05, 0.1) is 34.8 Å². The van der Waals surface area contributed by atoms with Crippen LogP contribution in [0, 0.1) is 0 Å². The molecule has 9 heteroatoms. The van der Waals surface area contributed by atoms with Crippen LogP contribution in [0.25, 0.3) is 0 Å². The van der Waals surface area contributed by atoms with E-state index in [0.29, 0.717) is 27.2 Å². The predicted octanol–water partition coefficient (Wildman–Crippen LogP) is 4.89. The molecule has 0 fully saturated rings. The Balaban J connectivity index is 1.93. The van der Waals surface area contributed by atoms with Crippen molar-refractivity contribution in [1.29, 1.82) is 0 Å². The maximum atomic E-state index is 11.8. The minimum absolute atomic E-state index is 0.0214. The van der Waals surface area contributed by atoms with E-state index in [1.54, 1.807) is 30.1 Å². The zero-order valence-electron chi connectivity index (χ0n) is 14.5. The Bertz CT molecular complexity index is 962. The summed E-state index contributed by atoms with van der Waals surface area (Å²) in [5.74, 6) is 0.0214. The van der Waals surface area contributed by atoms with Gasteiger partial charge in [0.25, 0.3) is 0 Å². The molecule has 0 saturated heterocycles. The summed E-state index contributed by atoms with van der Waals surface area (Å²) >= 11 is 18.4. The highest BCUT2D eigenvalue weighted by atomic mass is 35.5. The SMILES string of the molecule is CCS(=O)(=O)NCC1=NN(c2ccc(Cl)cc2Cl)C(c2ccc(Cl)cc2)C1. The molecule has 0 amide bonds. The fourth-order valence-electron chi connectivity index (χ4n) is 2.81. The Hall–Kier alpha value is -1.31. The summed E-state index contributed by atoms with van der Waals surface area (Å²) in [5, 5.41) is 8.08. The predicted molar refractivity (Wildman–Crippen MR) is 113 cm³/mol. The molecule has 1 heterocycles. The van der Waals surface area contributed by atoms with E-state index < -0.39 is 10.0 Å². The number of nitrogens with zero attached hydrogens (tertiary/aromatic N) is 2. The van der Waals surface area contributed by atoms with Gasteiger partial charge in [0.1, 0.15) is 0 Å². The summed E-state index contributed by atoms with van der Waals surface area (Å²) < 4.78 is 26.1. The molecule has 2 aromatic carbocycles. The number of benzene rings is 2. The number of hydrogen-bond donors (Lipinski definition) is 1. The van der Waals surface area contributed by atoms with Crippen LogP contribution in [0.5, 0.6) is 0 Å². The van der Waals surface area contributed by atoms with E-state index in [2.05, 4.69) is 9.82 Å². The molecule has 1 aliphatic heterocycles. The smallest absolute Gasteiger partial charge is 0.211 e. The van der Waals surface area contributed by atoms with Crippen LogP contribution in [0.15, 0.2) is 47.6 Å². The highest BCUT2D eigenvalue weighted by Crippen LogP contribution is 2.39. The van der Waals surface area contributed by atoms with Crippen LogP contribution in [-0.2, 0) is 10.0 Å².